The van der Waals surface area contributed by atoms with Crippen LogP contribution in [0.15, 0.2) is 12.1 Å². The van der Waals surface area contributed by atoms with E-state index < -0.39 is 5.91 Å². The van der Waals surface area contributed by atoms with E-state index in [1.165, 1.54) is 12.1 Å². The molecule has 1 amide bonds. The van der Waals surface area contributed by atoms with Crippen molar-refractivity contribution in [2.24, 2.45) is 5.73 Å². The fourth-order valence-electron chi connectivity index (χ4n) is 1.03. The maximum atomic E-state index is 10.9. The molecule has 0 atom stereocenters. The number of aliphatic hydroxyl groups excluding tert-OH is 1. The Labute approximate surface area is 85.1 Å². The minimum absolute atomic E-state index is 0.119. The van der Waals surface area contributed by atoms with Gasteiger partial charge in [-0.1, -0.05) is 23.2 Å². The summed E-state index contributed by atoms with van der Waals surface area (Å²) in [6.45, 7) is -0.321. The molecule has 0 saturated heterocycles. The van der Waals surface area contributed by atoms with Crippen LogP contribution in [0.25, 0.3) is 0 Å². The van der Waals surface area contributed by atoms with E-state index in [1.807, 2.05) is 0 Å². The smallest absolute Gasteiger partial charge is 0.250 e. The molecule has 0 bridgehead atoms. The van der Waals surface area contributed by atoms with Crippen LogP contribution in [0.3, 0.4) is 0 Å². The highest BCUT2D eigenvalue weighted by Gasteiger charge is 2.13. The Hall–Kier alpha value is -0.770. The van der Waals surface area contributed by atoms with Crippen molar-refractivity contribution in [1.82, 2.24) is 0 Å². The Balaban J connectivity index is 3.38. The highest BCUT2D eigenvalue weighted by atomic mass is 35.5. The van der Waals surface area contributed by atoms with Gasteiger partial charge in [0.25, 0.3) is 5.91 Å². The molecule has 0 unspecified atom stereocenters. The lowest BCUT2D eigenvalue weighted by Crippen LogP contribution is -2.14. The molecule has 3 N–H and O–H groups in total. The normalized spacial score (nSPS) is 10.1. The maximum Gasteiger partial charge on any atom is 0.250 e. The predicted molar refractivity (Wildman–Crippen MR) is 50.9 cm³/mol. The first-order valence-corrected chi connectivity index (χ1v) is 4.20. The van der Waals surface area contributed by atoms with E-state index in [0.29, 0.717) is 10.6 Å². The molecule has 70 valence electrons. The zero-order valence-corrected chi connectivity index (χ0v) is 8.06. The molecule has 3 nitrogen and oxygen atoms in total. The van der Waals surface area contributed by atoms with Crippen molar-refractivity contribution in [3.63, 3.8) is 0 Å². The van der Waals surface area contributed by atoms with Crippen LogP contribution in [0.4, 0.5) is 0 Å². The summed E-state index contributed by atoms with van der Waals surface area (Å²) in [6, 6.07) is 2.86. The van der Waals surface area contributed by atoms with Crippen LogP contribution in [0.1, 0.15) is 15.9 Å². The molecular weight excluding hydrogens is 213 g/mol. The van der Waals surface area contributed by atoms with Crippen molar-refractivity contribution in [3.05, 3.63) is 33.3 Å². The SMILES string of the molecule is NC(=O)c1c(Cl)cc(Cl)cc1CO. The van der Waals surface area contributed by atoms with Gasteiger partial charge in [0, 0.05) is 5.02 Å². The average Bonchev–Trinajstić information content (AvgIpc) is 2.01. The van der Waals surface area contributed by atoms with Gasteiger partial charge in [-0.05, 0) is 17.7 Å². The third kappa shape index (κ3) is 2.12. The largest absolute Gasteiger partial charge is 0.392 e. The average molecular weight is 220 g/mol. The fraction of sp³-hybridized carbons (Fsp3) is 0.125. The number of amides is 1. The monoisotopic (exact) mass is 219 g/mol. The molecule has 5 heteroatoms. The van der Waals surface area contributed by atoms with E-state index in [-0.39, 0.29) is 17.2 Å². The first-order chi connectivity index (χ1) is 6.06. The quantitative estimate of drug-likeness (QED) is 0.794. The summed E-state index contributed by atoms with van der Waals surface area (Å²) in [5.74, 6) is -0.675. The van der Waals surface area contributed by atoms with Gasteiger partial charge in [-0.3, -0.25) is 4.79 Å². The molecule has 0 aromatic heterocycles. The van der Waals surface area contributed by atoms with Crippen LogP contribution >= 0.6 is 23.2 Å². The molecule has 0 aliphatic heterocycles. The number of carbonyl (C=O) groups is 1. The minimum Gasteiger partial charge on any atom is -0.392 e. The highest BCUT2D eigenvalue weighted by molar-refractivity contribution is 6.37. The van der Waals surface area contributed by atoms with E-state index in [1.54, 1.807) is 0 Å². The number of carbonyl (C=O) groups excluding carboxylic acids is 1. The predicted octanol–water partition coefficient (Wildman–Crippen LogP) is 1.58. The second-order valence-electron chi connectivity index (χ2n) is 2.44. The lowest BCUT2D eigenvalue weighted by atomic mass is 10.1. The Morgan fingerprint density at radius 2 is 2.08 bits per heavy atom. The van der Waals surface area contributed by atoms with E-state index >= 15 is 0 Å². The zero-order valence-electron chi connectivity index (χ0n) is 6.55. The summed E-state index contributed by atoms with van der Waals surface area (Å²) < 4.78 is 0. The Bertz CT molecular complexity index is 352. The summed E-state index contributed by atoms with van der Waals surface area (Å²) >= 11 is 11.4. The molecule has 13 heavy (non-hydrogen) atoms. The van der Waals surface area contributed by atoms with Gasteiger partial charge in [0.05, 0.1) is 17.2 Å². The highest BCUT2D eigenvalue weighted by Crippen LogP contribution is 2.24. The van der Waals surface area contributed by atoms with E-state index in [0.717, 1.165) is 0 Å². The molecule has 1 rings (SSSR count). The summed E-state index contributed by atoms with van der Waals surface area (Å²) in [7, 11) is 0. The lowest BCUT2D eigenvalue weighted by molar-refractivity contribution is 0.0997. The Morgan fingerprint density at radius 1 is 1.46 bits per heavy atom. The number of halogens is 2. The topological polar surface area (TPSA) is 63.3 Å². The maximum absolute atomic E-state index is 10.9. The van der Waals surface area contributed by atoms with Crippen molar-refractivity contribution < 1.29 is 9.90 Å². The number of aliphatic hydroxyl groups is 1. The second kappa shape index (κ2) is 3.96. The molecule has 1 aromatic carbocycles. The molecule has 0 spiro atoms. The third-order valence-corrected chi connectivity index (χ3v) is 2.07. The van der Waals surface area contributed by atoms with Crippen molar-refractivity contribution in [1.29, 1.82) is 0 Å². The van der Waals surface area contributed by atoms with Crippen molar-refractivity contribution in [2.45, 2.75) is 6.61 Å². The summed E-state index contributed by atoms with van der Waals surface area (Å²) in [6.07, 6.45) is 0. The first kappa shape index (κ1) is 10.3. The number of rotatable bonds is 2. The summed E-state index contributed by atoms with van der Waals surface area (Å²) in [5.41, 5.74) is 5.52. The van der Waals surface area contributed by atoms with Crippen LogP contribution in [-0.2, 0) is 6.61 Å². The Morgan fingerprint density at radius 3 is 2.54 bits per heavy atom. The van der Waals surface area contributed by atoms with Gasteiger partial charge in [-0.2, -0.15) is 0 Å². The molecule has 0 aliphatic rings. The van der Waals surface area contributed by atoms with Crippen molar-refractivity contribution in [2.75, 3.05) is 0 Å². The van der Waals surface area contributed by atoms with Crippen LogP contribution in [0.2, 0.25) is 10.0 Å². The van der Waals surface area contributed by atoms with Crippen LogP contribution in [0.5, 0.6) is 0 Å². The van der Waals surface area contributed by atoms with Crippen LogP contribution < -0.4 is 5.73 Å². The summed E-state index contributed by atoms with van der Waals surface area (Å²) in [4.78, 5) is 10.9. The van der Waals surface area contributed by atoms with E-state index in [4.69, 9.17) is 34.0 Å². The minimum atomic E-state index is -0.675. The molecule has 0 radical (unpaired) electrons. The van der Waals surface area contributed by atoms with Gasteiger partial charge < -0.3 is 10.8 Å². The summed E-state index contributed by atoms with van der Waals surface area (Å²) in [5, 5.41) is 9.41. The molecule has 0 fully saturated rings. The van der Waals surface area contributed by atoms with Gasteiger partial charge >= 0.3 is 0 Å². The first-order valence-electron chi connectivity index (χ1n) is 3.45. The van der Waals surface area contributed by atoms with E-state index in [9.17, 15) is 4.79 Å². The number of nitrogens with two attached hydrogens (primary N) is 1. The lowest BCUT2D eigenvalue weighted by Gasteiger charge is -2.06. The van der Waals surface area contributed by atoms with Crippen molar-refractivity contribution >= 4 is 29.1 Å². The van der Waals surface area contributed by atoms with Crippen molar-refractivity contribution in [3.8, 4) is 0 Å². The number of hydrogen-bond acceptors (Lipinski definition) is 2. The number of primary amides is 1. The van der Waals surface area contributed by atoms with E-state index in [2.05, 4.69) is 0 Å². The van der Waals surface area contributed by atoms with Gasteiger partial charge in [0.15, 0.2) is 0 Å². The molecular formula is C8H7Cl2NO2. The zero-order chi connectivity index (χ0) is 10.0. The standard InChI is InChI=1S/C8H7Cl2NO2/c9-5-1-4(3-12)7(8(11)13)6(10)2-5/h1-2,12H,3H2,(H2,11,13). The number of benzene rings is 1. The van der Waals surface area contributed by atoms with Gasteiger partial charge in [-0.15, -0.1) is 0 Å². The number of hydrogen-bond donors (Lipinski definition) is 2. The van der Waals surface area contributed by atoms with Gasteiger partial charge in [0.2, 0.25) is 0 Å². The van der Waals surface area contributed by atoms with Gasteiger partial charge in [0.1, 0.15) is 0 Å². The third-order valence-electron chi connectivity index (χ3n) is 1.55. The fourth-order valence-corrected chi connectivity index (χ4v) is 1.66. The Kier molecular flexibility index (Phi) is 3.14. The molecule has 1 aromatic rings. The molecule has 0 heterocycles. The molecule has 0 aliphatic carbocycles. The second-order valence-corrected chi connectivity index (χ2v) is 3.29. The van der Waals surface area contributed by atoms with Crippen LogP contribution in [-0.4, -0.2) is 11.0 Å². The van der Waals surface area contributed by atoms with Crippen LogP contribution in [0, 0.1) is 0 Å². The molecule has 0 saturated carbocycles. The van der Waals surface area contributed by atoms with Gasteiger partial charge in [-0.25, -0.2) is 0 Å².